The summed E-state index contributed by atoms with van der Waals surface area (Å²) in [4.78, 5) is 2.33. The molecule has 0 spiro atoms. The Morgan fingerprint density at radius 2 is 2.29 bits per heavy atom. The minimum atomic E-state index is 0.296. The highest BCUT2D eigenvalue weighted by Crippen LogP contribution is 2.15. The van der Waals surface area contributed by atoms with Crippen molar-refractivity contribution in [3.05, 3.63) is 0 Å². The van der Waals surface area contributed by atoms with Crippen LogP contribution in [-0.4, -0.2) is 49.0 Å². The van der Waals surface area contributed by atoms with Crippen LogP contribution in [0, 0.1) is 5.92 Å². The maximum Gasteiger partial charge on any atom is 0.0593 e. The Morgan fingerprint density at radius 1 is 1.50 bits per heavy atom. The Hall–Kier alpha value is -0.120. The second-order valence-electron chi connectivity index (χ2n) is 4.48. The van der Waals surface area contributed by atoms with Crippen LogP contribution in [0.15, 0.2) is 0 Å². The quantitative estimate of drug-likeness (QED) is 0.654. The molecular weight excluding hydrogens is 178 g/mol. The molecule has 84 valence electrons. The zero-order chi connectivity index (χ0) is 10.4. The third kappa shape index (κ3) is 3.95. The van der Waals surface area contributed by atoms with Crippen molar-refractivity contribution in [1.82, 2.24) is 4.90 Å². The van der Waals surface area contributed by atoms with Crippen molar-refractivity contribution in [2.75, 3.05) is 32.9 Å². The van der Waals surface area contributed by atoms with Gasteiger partial charge in [0.25, 0.3) is 0 Å². The first-order chi connectivity index (χ1) is 6.74. The van der Waals surface area contributed by atoms with Crippen molar-refractivity contribution in [3.63, 3.8) is 0 Å². The first kappa shape index (κ1) is 12.0. The molecule has 0 aromatic heterocycles. The van der Waals surface area contributed by atoms with Crippen LogP contribution in [0.5, 0.6) is 0 Å². The average Bonchev–Trinajstić information content (AvgIpc) is 2.59. The van der Waals surface area contributed by atoms with Crippen molar-refractivity contribution >= 4 is 0 Å². The molecule has 0 aromatic carbocycles. The van der Waals surface area contributed by atoms with Gasteiger partial charge >= 0.3 is 0 Å². The largest absolute Gasteiger partial charge is 0.395 e. The molecule has 1 aliphatic rings. The minimum absolute atomic E-state index is 0.296. The summed E-state index contributed by atoms with van der Waals surface area (Å²) < 4.78 is 5.53. The molecule has 0 aliphatic carbocycles. The third-order valence-electron chi connectivity index (χ3n) is 2.68. The second-order valence-corrected chi connectivity index (χ2v) is 4.48. The Bertz CT molecular complexity index is 150. The van der Waals surface area contributed by atoms with Crippen LogP contribution in [0.25, 0.3) is 0 Å². The number of ether oxygens (including phenoxy) is 1. The van der Waals surface area contributed by atoms with Crippen molar-refractivity contribution in [3.8, 4) is 0 Å². The average molecular weight is 201 g/mol. The lowest BCUT2D eigenvalue weighted by molar-refractivity contribution is 0.0719. The van der Waals surface area contributed by atoms with Crippen LogP contribution in [-0.2, 0) is 4.74 Å². The van der Waals surface area contributed by atoms with Gasteiger partial charge in [0.05, 0.1) is 13.2 Å². The summed E-state index contributed by atoms with van der Waals surface area (Å²) in [6, 6.07) is 0.387. The number of rotatable bonds is 6. The molecule has 1 aliphatic heterocycles. The van der Waals surface area contributed by atoms with Gasteiger partial charge in [-0.15, -0.1) is 0 Å². The molecule has 0 amide bonds. The van der Waals surface area contributed by atoms with Gasteiger partial charge in [-0.05, 0) is 25.3 Å². The van der Waals surface area contributed by atoms with E-state index in [0.29, 0.717) is 18.6 Å². The van der Waals surface area contributed by atoms with E-state index < -0.39 is 0 Å². The molecular formula is C11H23NO2. The molecule has 1 saturated heterocycles. The van der Waals surface area contributed by atoms with Crippen molar-refractivity contribution in [2.45, 2.75) is 32.7 Å². The van der Waals surface area contributed by atoms with Crippen LogP contribution >= 0.6 is 0 Å². The van der Waals surface area contributed by atoms with E-state index in [2.05, 4.69) is 18.7 Å². The molecule has 0 saturated carbocycles. The monoisotopic (exact) mass is 201 g/mol. The van der Waals surface area contributed by atoms with E-state index in [4.69, 9.17) is 9.84 Å². The lowest BCUT2D eigenvalue weighted by Gasteiger charge is -2.22. The van der Waals surface area contributed by atoms with Gasteiger partial charge in [0.1, 0.15) is 0 Å². The smallest absolute Gasteiger partial charge is 0.0593 e. The molecule has 1 heterocycles. The SMILES string of the molecule is CC(C)COCCN1CCC[C@H]1CO. The zero-order valence-corrected chi connectivity index (χ0v) is 9.41. The van der Waals surface area contributed by atoms with Crippen LogP contribution in [0.4, 0.5) is 0 Å². The van der Waals surface area contributed by atoms with Crippen molar-refractivity contribution in [1.29, 1.82) is 0 Å². The summed E-state index contributed by atoms with van der Waals surface area (Å²) in [6.07, 6.45) is 2.36. The summed E-state index contributed by atoms with van der Waals surface area (Å²) in [5, 5.41) is 9.10. The Balaban J connectivity index is 2.05. The molecule has 1 N–H and O–H groups in total. The fraction of sp³-hybridized carbons (Fsp3) is 1.00. The lowest BCUT2D eigenvalue weighted by atomic mass is 10.2. The van der Waals surface area contributed by atoms with Gasteiger partial charge in [-0.25, -0.2) is 0 Å². The summed E-state index contributed by atoms with van der Waals surface area (Å²) in [5.41, 5.74) is 0. The molecule has 1 fully saturated rings. The number of hydrogen-bond acceptors (Lipinski definition) is 3. The second kappa shape index (κ2) is 6.38. The third-order valence-corrected chi connectivity index (χ3v) is 2.68. The van der Waals surface area contributed by atoms with Crippen LogP contribution in [0.3, 0.4) is 0 Å². The molecule has 1 atom stereocenters. The molecule has 0 unspecified atom stereocenters. The Morgan fingerprint density at radius 3 is 2.93 bits per heavy atom. The topological polar surface area (TPSA) is 32.7 Å². The molecule has 1 rings (SSSR count). The Kier molecular flexibility index (Phi) is 5.45. The minimum Gasteiger partial charge on any atom is -0.395 e. The zero-order valence-electron chi connectivity index (χ0n) is 9.41. The summed E-state index contributed by atoms with van der Waals surface area (Å²) in [6.45, 7) is 8.35. The highest BCUT2D eigenvalue weighted by atomic mass is 16.5. The number of nitrogens with zero attached hydrogens (tertiary/aromatic N) is 1. The molecule has 3 heteroatoms. The van der Waals surface area contributed by atoms with Gasteiger partial charge in [-0.1, -0.05) is 13.8 Å². The van der Waals surface area contributed by atoms with E-state index >= 15 is 0 Å². The maximum atomic E-state index is 9.10. The number of aliphatic hydroxyl groups excluding tert-OH is 1. The number of aliphatic hydroxyl groups is 1. The summed E-state index contributed by atoms with van der Waals surface area (Å²) in [7, 11) is 0. The van der Waals surface area contributed by atoms with E-state index in [9.17, 15) is 0 Å². The summed E-state index contributed by atoms with van der Waals surface area (Å²) in [5.74, 6) is 0.613. The van der Waals surface area contributed by atoms with Gasteiger partial charge in [0.2, 0.25) is 0 Å². The molecule has 0 bridgehead atoms. The maximum absolute atomic E-state index is 9.10. The highest BCUT2D eigenvalue weighted by Gasteiger charge is 2.22. The van der Waals surface area contributed by atoms with Crippen LogP contribution in [0.2, 0.25) is 0 Å². The molecule has 0 aromatic rings. The van der Waals surface area contributed by atoms with Gasteiger partial charge in [0, 0.05) is 19.2 Å². The molecule has 0 radical (unpaired) electrons. The van der Waals surface area contributed by atoms with Gasteiger partial charge in [-0.3, -0.25) is 4.90 Å². The summed E-state index contributed by atoms with van der Waals surface area (Å²) >= 11 is 0. The standard InChI is InChI=1S/C11H23NO2/c1-10(2)9-14-7-6-12-5-3-4-11(12)8-13/h10-11,13H,3-9H2,1-2H3/t11-/m0/s1. The van der Waals surface area contributed by atoms with Gasteiger partial charge in [0.15, 0.2) is 0 Å². The first-order valence-corrected chi connectivity index (χ1v) is 5.66. The van der Waals surface area contributed by atoms with Gasteiger partial charge < -0.3 is 9.84 Å². The van der Waals surface area contributed by atoms with Gasteiger partial charge in [-0.2, -0.15) is 0 Å². The van der Waals surface area contributed by atoms with E-state index in [1.54, 1.807) is 0 Å². The van der Waals surface area contributed by atoms with E-state index in [1.165, 1.54) is 6.42 Å². The van der Waals surface area contributed by atoms with E-state index in [1.807, 2.05) is 0 Å². The number of likely N-dealkylation sites (tertiary alicyclic amines) is 1. The predicted molar refractivity (Wildman–Crippen MR) is 57.3 cm³/mol. The molecule has 14 heavy (non-hydrogen) atoms. The number of hydrogen-bond donors (Lipinski definition) is 1. The highest BCUT2D eigenvalue weighted by molar-refractivity contribution is 4.77. The molecule has 3 nitrogen and oxygen atoms in total. The predicted octanol–water partition coefficient (Wildman–Crippen LogP) is 1.12. The van der Waals surface area contributed by atoms with E-state index in [0.717, 1.165) is 32.7 Å². The fourth-order valence-corrected chi connectivity index (χ4v) is 1.90. The van der Waals surface area contributed by atoms with Crippen molar-refractivity contribution < 1.29 is 9.84 Å². The van der Waals surface area contributed by atoms with Crippen molar-refractivity contribution in [2.24, 2.45) is 5.92 Å². The first-order valence-electron chi connectivity index (χ1n) is 5.66. The Labute approximate surface area is 87.1 Å². The van der Waals surface area contributed by atoms with Crippen LogP contribution < -0.4 is 0 Å². The van der Waals surface area contributed by atoms with E-state index in [-0.39, 0.29) is 0 Å². The fourth-order valence-electron chi connectivity index (χ4n) is 1.90. The van der Waals surface area contributed by atoms with Crippen LogP contribution in [0.1, 0.15) is 26.7 Å². The lowest BCUT2D eigenvalue weighted by Crippen LogP contribution is -2.35. The normalized spacial score (nSPS) is 23.6.